The second-order valence-corrected chi connectivity index (χ2v) is 1.54. The van der Waals surface area contributed by atoms with E-state index in [1.165, 1.54) is 0 Å². The maximum atomic E-state index is 8.88. The maximum Gasteiger partial charge on any atom is 2.00 e. The molecule has 0 bridgehead atoms. The zero-order valence-electron chi connectivity index (χ0n) is 7.21. The van der Waals surface area contributed by atoms with Crippen LogP contribution in [0.25, 0.3) is 0 Å². The van der Waals surface area contributed by atoms with E-state index in [0.717, 1.165) is 0 Å². The van der Waals surface area contributed by atoms with E-state index in [1.54, 1.807) is 0 Å². The van der Waals surface area contributed by atoms with Gasteiger partial charge >= 0.3 is 75.1 Å². The van der Waals surface area contributed by atoms with E-state index in [0.29, 0.717) is 0 Å². The minimum atomic E-state index is -4.64. The van der Waals surface area contributed by atoms with Gasteiger partial charge in [-0.3, -0.25) is 0 Å². The van der Waals surface area contributed by atoms with Crippen molar-refractivity contribution in [3.63, 3.8) is 0 Å². The van der Waals surface area contributed by atoms with Crippen molar-refractivity contribution >= 4 is 45.6 Å². The standard InChI is InChI=1S/Ag.Ca.Na.H3O4P.3H/c;;;1-5(2,3)4;;;/h;;;(H3,1,2,3,4);;;/q;+2;+1;;3*-1. The summed E-state index contributed by atoms with van der Waals surface area (Å²) in [4.78, 5) is 21.6. The van der Waals surface area contributed by atoms with Gasteiger partial charge in [0.05, 0.1) is 0 Å². The van der Waals surface area contributed by atoms with Crippen LogP contribution in [0.1, 0.15) is 4.28 Å². The fraction of sp³-hybridized carbons (Fsp3) is 0. The van der Waals surface area contributed by atoms with Crippen molar-refractivity contribution in [2.45, 2.75) is 0 Å². The topological polar surface area (TPSA) is 77.8 Å². The van der Waals surface area contributed by atoms with E-state index in [-0.39, 0.29) is 94.0 Å². The molecule has 8 heteroatoms. The number of rotatable bonds is 0. The van der Waals surface area contributed by atoms with E-state index < -0.39 is 7.82 Å². The van der Waals surface area contributed by atoms with Gasteiger partial charge in [-0.25, -0.2) is 4.57 Å². The molecule has 1 radical (unpaired) electrons. The largest absolute Gasteiger partial charge is 2.00 e. The molecular formula is H6AgCaNaO4P. The average molecular weight is 272 g/mol. The molecule has 0 aromatic heterocycles. The molecule has 0 aliphatic heterocycles. The van der Waals surface area contributed by atoms with Gasteiger partial charge < -0.3 is 19.0 Å². The third-order valence-corrected chi connectivity index (χ3v) is 0. The van der Waals surface area contributed by atoms with Gasteiger partial charge in [0.25, 0.3) is 0 Å². The fourth-order valence-electron chi connectivity index (χ4n) is 0. The molecule has 0 rings (SSSR count). The zero-order chi connectivity index (χ0) is 4.50. The Morgan fingerprint density at radius 2 is 1.25 bits per heavy atom. The molecule has 0 aromatic rings. The summed E-state index contributed by atoms with van der Waals surface area (Å²) in [6.07, 6.45) is 0. The molecule has 0 aromatic carbocycles. The predicted octanol–water partition coefficient (Wildman–Crippen LogP) is -3.97. The van der Waals surface area contributed by atoms with Crippen molar-refractivity contribution in [3.8, 4) is 0 Å². The summed E-state index contributed by atoms with van der Waals surface area (Å²) in [7, 11) is -4.64. The molecule has 8 heavy (non-hydrogen) atoms. The summed E-state index contributed by atoms with van der Waals surface area (Å²) in [5.74, 6) is 0. The van der Waals surface area contributed by atoms with Gasteiger partial charge in [0, 0.05) is 22.4 Å². The number of hydrogen-bond donors (Lipinski definition) is 3. The average Bonchev–Trinajstić information content (AvgIpc) is 0.722. The van der Waals surface area contributed by atoms with Crippen LogP contribution in [0.5, 0.6) is 0 Å². The molecule has 3 N–H and O–H groups in total. The van der Waals surface area contributed by atoms with Crippen LogP contribution in [0.15, 0.2) is 0 Å². The molecule has 0 saturated heterocycles. The summed E-state index contributed by atoms with van der Waals surface area (Å²) >= 11 is 0. The quantitative estimate of drug-likeness (QED) is 0.310. The summed E-state index contributed by atoms with van der Waals surface area (Å²) < 4.78 is 8.88. The van der Waals surface area contributed by atoms with Gasteiger partial charge in [-0.15, -0.1) is 0 Å². The first-order chi connectivity index (χ1) is 2.00. The Bertz CT molecular complexity index is 71.5. The minimum absolute atomic E-state index is 0. The second kappa shape index (κ2) is 10.1. The monoisotopic (exact) mass is 271 g/mol. The first-order valence-corrected chi connectivity index (χ1v) is 2.35. The summed E-state index contributed by atoms with van der Waals surface area (Å²) in [6, 6.07) is 0. The molecule has 4 nitrogen and oxygen atoms in total. The van der Waals surface area contributed by atoms with Crippen molar-refractivity contribution in [1.29, 1.82) is 0 Å². The SMILES string of the molecule is O=P(O)(O)O.[Ag].[Ca+2].[H-].[H-].[H-].[Na+]. The zero-order valence-corrected chi connectivity index (χ0v) is 10.8. The Hall–Kier alpha value is 3.11. The van der Waals surface area contributed by atoms with Gasteiger partial charge in [0.1, 0.15) is 0 Å². The Morgan fingerprint density at radius 3 is 1.25 bits per heavy atom. The van der Waals surface area contributed by atoms with E-state index in [2.05, 4.69) is 0 Å². The molecule has 0 spiro atoms. The van der Waals surface area contributed by atoms with Crippen molar-refractivity contribution in [2.75, 3.05) is 0 Å². The molecule has 0 heterocycles. The Morgan fingerprint density at radius 1 is 1.25 bits per heavy atom. The molecule has 0 saturated carbocycles. The fourth-order valence-corrected chi connectivity index (χ4v) is 0. The van der Waals surface area contributed by atoms with Crippen LogP contribution in [0, 0.1) is 0 Å². The van der Waals surface area contributed by atoms with Crippen LogP contribution in [0.2, 0.25) is 0 Å². The maximum absolute atomic E-state index is 8.88. The van der Waals surface area contributed by atoms with Crippen LogP contribution >= 0.6 is 7.82 Å². The van der Waals surface area contributed by atoms with Gasteiger partial charge in [-0.2, -0.15) is 0 Å². The second-order valence-electron chi connectivity index (χ2n) is 0.513. The van der Waals surface area contributed by atoms with Crippen LogP contribution in [-0.2, 0) is 26.9 Å². The molecule has 0 aliphatic carbocycles. The third kappa shape index (κ3) is 61.9. The van der Waals surface area contributed by atoms with Crippen molar-refractivity contribution in [3.05, 3.63) is 0 Å². The summed E-state index contributed by atoms with van der Waals surface area (Å²) in [5.41, 5.74) is 0. The van der Waals surface area contributed by atoms with E-state index in [1.807, 2.05) is 0 Å². The minimum Gasteiger partial charge on any atom is -1.00 e. The molecule has 0 aliphatic rings. The Kier molecular flexibility index (Phi) is 28.4. The third-order valence-electron chi connectivity index (χ3n) is 0. The van der Waals surface area contributed by atoms with Gasteiger partial charge in [0.15, 0.2) is 0 Å². The molecule has 0 atom stereocenters. The number of phosphoric acid groups is 1. The molecule has 0 unspecified atom stereocenters. The van der Waals surface area contributed by atoms with E-state index in [4.69, 9.17) is 19.2 Å². The van der Waals surface area contributed by atoms with Crippen LogP contribution in [0.4, 0.5) is 0 Å². The summed E-state index contributed by atoms with van der Waals surface area (Å²) in [6.45, 7) is 0. The Labute approximate surface area is 119 Å². The van der Waals surface area contributed by atoms with Gasteiger partial charge in [0.2, 0.25) is 0 Å². The van der Waals surface area contributed by atoms with Crippen LogP contribution in [0.3, 0.4) is 0 Å². The first-order valence-electron chi connectivity index (χ1n) is 0.783. The van der Waals surface area contributed by atoms with Crippen molar-refractivity contribution in [2.24, 2.45) is 0 Å². The normalized spacial score (nSPS) is 7.38. The van der Waals surface area contributed by atoms with E-state index in [9.17, 15) is 0 Å². The Balaban J connectivity index is -0.00000000533. The summed E-state index contributed by atoms with van der Waals surface area (Å²) in [5, 5.41) is 0. The van der Waals surface area contributed by atoms with Crippen molar-refractivity contribution in [1.82, 2.24) is 0 Å². The van der Waals surface area contributed by atoms with Crippen LogP contribution < -0.4 is 29.6 Å². The molecule has 0 fully saturated rings. The van der Waals surface area contributed by atoms with Crippen LogP contribution in [-0.4, -0.2) is 52.4 Å². The predicted molar refractivity (Wildman–Crippen MR) is 23.4 cm³/mol. The smallest absolute Gasteiger partial charge is 1.00 e. The molecule has 0 amide bonds. The molecular weight excluding hydrogens is 266 g/mol. The van der Waals surface area contributed by atoms with Gasteiger partial charge in [-0.1, -0.05) is 0 Å². The first kappa shape index (κ1) is 22.5. The number of hydrogen-bond acceptors (Lipinski definition) is 1. The van der Waals surface area contributed by atoms with E-state index >= 15 is 0 Å². The van der Waals surface area contributed by atoms with Gasteiger partial charge in [-0.05, 0) is 0 Å². The molecule has 49 valence electrons. The van der Waals surface area contributed by atoms with Crippen molar-refractivity contribution < 1.29 is 75.5 Å².